The fourth-order valence-corrected chi connectivity index (χ4v) is 1.96. The quantitative estimate of drug-likeness (QED) is 0.688. The number of amides is 1. The average molecular weight is 329 g/mol. The molecule has 1 unspecified atom stereocenters. The van der Waals surface area contributed by atoms with Gasteiger partial charge in [-0.1, -0.05) is 23.2 Å². The van der Waals surface area contributed by atoms with Gasteiger partial charge in [0.05, 0.1) is 16.1 Å². The Morgan fingerprint density at radius 3 is 2.71 bits per heavy atom. The number of halogens is 2. The first-order valence-electron chi connectivity index (χ1n) is 5.83. The first-order valence-corrected chi connectivity index (χ1v) is 6.58. The minimum absolute atomic E-state index is 0.0690. The molecule has 7 nitrogen and oxygen atoms in total. The normalized spacial score (nSPS) is 12.0. The molecule has 0 spiro atoms. The summed E-state index contributed by atoms with van der Waals surface area (Å²) in [5.41, 5.74) is -0.207. The fraction of sp³-hybridized carbons (Fsp3) is 0.167. The number of anilines is 1. The van der Waals surface area contributed by atoms with Crippen LogP contribution in [0.25, 0.3) is 0 Å². The van der Waals surface area contributed by atoms with Crippen molar-refractivity contribution < 1.29 is 9.72 Å². The summed E-state index contributed by atoms with van der Waals surface area (Å²) in [6.45, 7) is 1.60. The van der Waals surface area contributed by atoms with Crippen molar-refractivity contribution in [1.82, 2.24) is 9.78 Å². The highest BCUT2D eigenvalue weighted by atomic mass is 35.5. The van der Waals surface area contributed by atoms with Crippen LogP contribution in [-0.2, 0) is 4.79 Å². The Kier molecular flexibility index (Phi) is 4.44. The van der Waals surface area contributed by atoms with E-state index in [1.54, 1.807) is 6.92 Å². The van der Waals surface area contributed by atoms with Gasteiger partial charge in [0.2, 0.25) is 5.91 Å². The SMILES string of the molecule is CC(C(=O)Nc1ccc(Cl)cc1[N+](=O)[O-])n1cc(Cl)cn1. The maximum Gasteiger partial charge on any atom is 0.294 e. The smallest absolute Gasteiger partial charge is 0.294 e. The number of nitro groups is 1. The first kappa shape index (κ1) is 15.3. The van der Waals surface area contributed by atoms with Crippen LogP contribution in [0.5, 0.6) is 0 Å². The van der Waals surface area contributed by atoms with Gasteiger partial charge < -0.3 is 5.32 Å². The molecular weight excluding hydrogens is 319 g/mol. The summed E-state index contributed by atoms with van der Waals surface area (Å²) in [7, 11) is 0. The predicted octanol–water partition coefficient (Wildman–Crippen LogP) is 3.30. The first-order chi connectivity index (χ1) is 9.88. The molecule has 1 atom stereocenters. The molecule has 21 heavy (non-hydrogen) atoms. The minimum atomic E-state index is -0.673. The number of hydrogen-bond donors (Lipinski definition) is 1. The largest absolute Gasteiger partial charge is 0.319 e. The molecule has 0 saturated carbocycles. The number of carbonyl (C=O) groups is 1. The molecule has 2 rings (SSSR count). The van der Waals surface area contributed by atoms with E-state index in [2.05, 4.69) is 10.4 Å². The lowest BCUT2D eigenvalue weighted by molar-refractivity contribution is -0.383. The second-order valence-corrected chi connectivity index (χ2v) is 5.10. The van der Waals surface area contributed by atoms with Crippen LogP contribution in [0.3, 0.4) is 0 Å². The summed E-state index contributed by atoms with van der Waals surface area (Å²) in [6.07, 6.45) is 2.89. The molecule has 1 N–H and O–H groups in total. The van der Waals surface area contributed by atoms with Crippen molar-refractivity contribution in [3.63, 3.8) is 0 Å². The fourth-order valence-electron chi connectivity index (χ4n) is 1.65. The predicted molar refractivity (Wildman–Crippen MR) is 78.7 cm³/mol. The number of nitrogens with one attached hydrogen (secondary N) is 1. The number of hydrogen-bond acceptors (Lipinski definition) is 4. The molecule has 9 heteroatoms. The Labute approximate surface area is 129 Å². The van der Waals surface area contributed by atoms with Crippen molar-refractivity contribution in [1.29, 1.82) is 0 Å². The summed E-state index contributed by atoms with van der Waals surface area (Å²) in [5.74, 6) is -0.458. The van der Waals surface area contributed by atoms with Gasteiger partial charge in [-0.2, -0.15) is 5.10 Å². The summed E-state index contributed by atoms with van der Waals surface area (Å²) in [6, 6.07) is 3.33. The monoisotopic (exact) mass is 328 g/mol. The van der Waals surface area contributed by atoms with Crippen LogP contribution >= 0.6 is 23.2 Å². The highest BCUT2D eigenvalue weighted by Gasteiger charge is 2.21. The summed E-state index contributed by atoms with van der Waals surface area (Å²) >= 11 is 11.4. The van der Waals surface area contributed by atoms with Gasteiger partial charge in [0.15, 0.2) is 0 Å². The van der Waals surface area contributed by atoms with Gasteiger partial charge in [0.1, 0.15) is 11.7 Å². The van der Waals surface area contributed by atoms with Crippen LogP contribution in [0.15, 0.2) is 30.6 Å². The third-order valence-corrected chi connectivity index (χ3v) is 3.19. The molecule has 0 radical (unpaired) electrons. The van der Waals surface area contributed by atoms with Gasteiger partial charge in [-0.25, -0.2) is 0 Å². The number of rotatable bonds is 4. The van der Waals surface area contributed by atoms with E-state index in [1.165, 1.54) is 35.3 Å². The van der Waals surface area contributed by atoms with Crippen LogP contribution in [0.2, 0.25) is 10.0 Å². The topological polar surface area (TPSA) is 90.1 Å². The number of aromatic nitrogens is 2. The molecule has 1 aromatic heterocycles. The van der Waals surface area contributed by atoms with E-state index in [0.717, 1.165) is 0 Å². The highest BCUT2D eigenvalue weighted by Crippen LogP contribution is 2.28. The van der Waals surface area contributed by atoms with Crippen molar-refractivity contribution >= 4 is 40.5 Å². The lowest BCUT2D eigenvalue weighted by atomic mass is 10.2. The van der Waals surface area contributed by atoms with E-state index >= 15 is 0 Å². The molecule has 2 aromatic rings. The average Bonchev–Trinajstić information content (AvgIpc) is 2.86. The molecule has 0 aliphatic rings. The number of benzene rings is 1. The van der Waals surface area contributed by atoms with Gasteiger partial charge in [-0.3, -0.25) is 19.6 Å². The summed E-state index contributed by atoms with van der Waals surface area (Å²) < 4.78 is 1.36. The van der Waals surface area contributed by atoms with E-state index in [9.17, 15) is 14.9 Å². The lowest BCUT2D eigenvalue weighted by Gasteiger charge is -2.12. The zero-order valence-corrected chi connectivity index (χ0v) is 12.3. The maximum atomic E-state index is 12.1. The molecule has 110 valence electrons. The molecule has 0 saturated heterocycles. The van der Waals surface area contributed by atoms with Crippen molar-refractivity contribution in [2.75, 3.05) is 5.32 Å². The van der Waals surface area contributed by atoms with E-state index in [-0.39, 0.29) is 16.4 Å². The molecule has 1 heterocycles. The van der Waals surface area contributed by atoms with E-state index in [0.29, 0.717) is 5.02 Å². The van der Waals surface area contributed by atoms with Gasteiger partial charge in [0.25, 0.3) is 5.69 Å². The molecular formula is C12H10Cl2N4O3. The van der Waals surface area contributed by atoms with Gasteiger partial charge in [-0.05, 0) is 19.1 Å². The van der Waals surface area contributed by atoms with Crippen molar-refractivity contribution in [3.8, 4) is 0 Å². The number of nitrogens with zero attached hydrogens (tertiary/aromatic N) is 3. The molecule has 0 fully saturated rings. The Morgan fingerprint density at radius 1 is 1.43 bits per heavy atom. The summed E-state index contributed by atoms with van der Waals surface area (Å²) in [5, 5.41) is 18.0. The number of nitro benzene ring substituents is 1. The van der Waals surface area contributed by atoms with Crippen molar-refractivity contribution in [3.05, 3.63) is 50.8 Å². The van der Waals surface area contributed by atoms with Gasteiger partial charge in [0, 0.05) is 17.3 Å². The second-order valence-electron chi connectivity index (χ2n) is 4.22. The minimum Gasteiger partial charge on any atom is -0.319 e. The highest BCUT2D eigenvalue weighted by molar-refractivity contribution is 6.31. The maximum absolute atomic E-state index is 12.1. The molecule has 1 amide bonds. The lowest BCUT2D eigenvalue weighted by Crippen LogP contribution is -2.24. The van der Waals surface area contributed by atoms with Gasteiger partial charge in [-0.15, -0.1) is 0 Å². The van der Waals surface area contributed by atoms with Crippen LogP contribution in [-0.4, -0.2) is 20.6 Å². The zero-order chi connectivity index (χ0) is 15.6. The van der Waals surface area contributed by atoms with Crippen LogP contribution < -0.4 is 5.32 Å². The van der Waals surface area contributed by atoms with Crippen LogP contribution in [0.4, 0.5) is 11.4 Å². The van der Waals surface area contributed by atoms with E-state index in [1.807, 2.05) is 0 Å². The number of carbonyl (C=O) groups excluding carboxylic acids is 1. The van der Waals surface area contributed by atoms with E-state index < -0.39 is 16.9 Å². The molecule has 0 bridgehead atoms. The second kappa shape index (κ2) is 6.11. The third kappa shape index (κ3) is 3.50. The van der Waals surface area contributed by atoms with Gasteiger partial charge >= 0.3 is 0 Å². The standard InChI is InChI=1S/C12H10Cl2N4O3/c1-7(17-6-9(14)5-15-17)12(19)16-10-3-2-8(13)4-11(10)18(20)21/h2-7H,1H3,(H,16,19). The molecule has 1 aromatic carbocycles. The van der Waals surface area contributed by atoms with Crippen LogP contribution in [0, 0.1) is 10.1 Å². The molecule has 0 aliphatic carbocycles. The van der Waals surface area contributed by atoms with Crippen molar-refractivity contribution in [2.45, 2.75) is 13.0 Å². The summed E-state index contributed by atoms with van der Waals surface area (Å²) in [4.78, 5) is 22.5. The van der Waals surface area contributed by atoms with E-state index in [4.69, 9.17) is 23.2 Å². The Morgan fingerprint density at radius 2 is 2.14 bits per heavy atom. The Hall–Kier alpha value is -2.12. The zero-order valence-electron chi connectivity index (χ0n) is 10.8. The van der Waals surface area contributed by atoms with Crippen molar-refractivity contribution in [2.24, 2.45) is 0 Å². The Balaban J connectivity index is 2.22. The van der Waals surface area contributed by atoms with Crippen LogP contribution in [0.1, 0.15) is 13.0 Å². The third-order valence-electron chi connectivity index (χ3n) is 2.76. The molecule has 0 aliphatic heterocycles. The Bertz CT molecular complexity index is 702.